The van der Waals surface area contributed by atoms with Crippen LogP contribution in [0.5, 0.6) is 0 Å². The predicted octanol–water partition coefficient (Wildman–Crippen LogP) is 3.54. The zero-order valence-electron chi connectivity index (χ0n) is 10.8. The molecule has 2 aromatic rings. The van der Waals surface area contributed by atoms with Crippen LogP contribution < -0.4 is 5.73 Å². The van der Waals surface area contributed by atoms with Crippen LogP contribution in [0.4, 0.5) is 5.82 Å². The van der Waals surface area contributed by atoms with E-state index in [0.29, 0.717) is 11.7 Å². The second-order valence-corrected chi connectivity index (χ2v) is 6.43. The maximum Gasteiger partial charge on any atom is 0.121 e. The molecule has 1 saturated heterocycles. The van der Waals surface area contributed by atoms with Crippen molar-refractivity contribution in [3.8, 4) is 11.3 Å². The average Bonchev–Trinajstić information content (AvgIpc) is 3.00. The highest BCUT2D eigenvalue weighted by Crippen LogP contribution is 2.37. The van der Waals surface area contributed by atoms with E-state index in [4.69, 9.17) is 17.3 Å². The molecule has 3 nitrogen and oxygen atoms in total. The number of nitrogens with two attached hydrogens (primary N) is 1. The maximum absolute atomic E-state index is 6.43. The molecule has 1 unspecified atom stereocenters. The van der Waals surface area contributed by atoms with E-state index in [-0.39, 0.29) is 0 Å². The molecule has 0 spiro atoms. The highest BCUT2D eigenvalue weighted by molar-refractivity contribution is 7.99. The Bertz CT molecular complexity index is 583. The third kappa shape index (κ3) is 2.47. The first-order valence-corrected chi connectivity index (χ1v) is 7.85. The molecule has 1 aromatic carbocycles. The van der Waals surface area contributed by atoms with Gasteiger partial charge in [0.05, 0.1) is 5.69 Å². The Hall–Kier alpha value is -1.13. The lowest BCUT2D eigenvalue weighted by Gasteiger charge is -2.11. The van der Waals surface area contributed by atoms with Gasteiger partial charge in [-0.2, -0.15) is 16.9 Å². The smallest absolute Gasteiger partial charge is 0.121 e. The van der Waals surface area contributed by atoms with Crippen molar-refractivity contribution in [1.29, 1.82) is 0 Å². The van der Waals surface area contributed by atoms with Crippen LogP contribution in [-0.4, -0.2) is 21.3 Å². The number of aryl methyl sites for hydroxylation is 1. The molecule has 1 fully saturated rings. The molecule has 3 rings (SSSR count). The van der Waals surface area contributed by atoms with Crippen LogP contribution in [0.1, 0.15) is 17.9 Å². The van der Waals surface area contributed by atoms with E-state index in [2.05, 4.69) is 17.2 Å². The third-order valence-corrected chi connectivity index (χ3v) is 5.07. The highest BCUT2D eigenvalue weighted by atomic mass is 35.5. The van der Waals surface area contributed by atoms with Gasteiger partial charge in [0.15, 0.2) is 0 Å². The van der Waals surface area contributed by atoms with Crippen molar-refractivity contribution in [2.75, 3.05) is 17.2 Å². The molecular formula is C14H16ClN3S. The molecule has 1 atom stereocenters. The van der Waals surface area contributed by atoms with Gasteiger partial charge in [0.25, 0.3) is 0 Å². The standard InChI is InChI=1S/C14H16ClN3S/c1-18-14(16)7-13(17-18)9-2-3-11(12(15)6-9)10-4-5-19-8-10/h2-3,6-7,10H,4-5,8,16H2,1H3. The number of hydrogen-bond acceptors (Lipinski definition) is 3. The number of thioether (sulfide) groups is 1. The van der Waals surface area contributed by atoms with Gasteiger partial charge >= 0.3 is 0 Å². The third-order valence-electron chi connectivity index (χ3n) is 3.58. The number of benzene rings is 1. The summed E-state index contributed by atoms with van der Waals surface area (Å²) >= 11 is 8.43. The zero-order chi connectivity index (χ0) is 13.4. The molecule has 1 aliphatic rings. The fraction of sp³-hybridized carbons (Fsp3) is 0.357. The summed E-state index contributed by atoms with van der Waals surface area (Å²) in [4.78, 5) is 0. The number of rotatable bonds is 2. The lowest BCUT2D eigenvalue weighted by molar-refractivity contribution is 0.779. The molecule has 2 N–H and O–H groups in total. The number of hydrogen-bond donors (Lipinski definition) is 1. The Morgan fingerprint density at radius 1 is 1.42 bits per heavy atom. The number of halogens is 1. The first-order chi connectivity index (χ1) is 9.15. The van der Waals surface area contributed by atoms with E-state index in [1.165, 1.54) is 23.5 Å². The summed E-state index contributed by atoms with van der Waals surface area (Å²) in [6.07, 6.45) is 1.22. The highest BCUT2D eigenvalue weighted by Gasteiger charge is 2.20. The summed E-state index contributed by atoms with van der Waals surface area (Å²) in [6, 6.07) is 8.10. The zero-order valence-corrected chi connectivity index (χ0v) is 12.3. The van der Waals surface area contributed by atoms with Gasteiger partial charge in [-0.25, -0.2) is 0 Å². The molecule has 1 aromatic heterocycles. The van der Waals surface area contributed by atoms with Gasteiger partial charge in [0.1, 0.15) is 5.82 Å². The lowest BCUT2D eigenvalue weighted by Crippen LogP contribution is -1.98. The van der Waals surface area contributed by atoms with E-state index in [1.54, 1.807) is 4.68 Å². The monoisotopic (exact) mass is 293 g/mol. The molecular weight excluding hydrogens is 278 g/mol. The van der Waals surface area contributed by atoms with Gasteiger partial charge in [0.2, 0.25) is 0 Å². The van der Waals surface area contributed by atoms with Gasteiger partial charge < -0.3 is 5.73 Å². The molecule has 0 amide bonds. The summed E-state index contributed by atoms with van der Waals surface area (Å²) in [6.45, 7) is 0. The Balaban J connectivity index is 1.94. The molecule has 0 radical (unpaired) electrons. The number of anilines is 1. The largest absolute Gasteiger partial charge is 0.384 e. The van der Waals surface area contributed by atoms with Gasteiger partial charge in [-0.15, -0.1) is 0 Å². The maximum atomic E-state index is 6.43. The molecule has 19 heavy (non-hydrogen) atoms. The number of nitrogen functional groups attached to an aromatic ring is 1. The summed E-state index contributed by atoms with van der Waals surface area (Å²) in [5.74, 6) is 3.66. The van der Waals surface area contributed by atoms with Gasteiger partial charge in [-0.05, 0) is 29.7 Å². The van der Waals surface area contributed by atoms with Crippen molar-refractivity contribution in [1.82, 2.24) is 9.78 Å². The van der Waals surface area contributed by atoms with Crippen LogP contribution in [0.15, 0.2) is 24.3 Å². The van der Waals surface area contributed by atoms with Crippen molar-refractivity contribution < 1.29 is 0 Å². The molecule has 1 aliphatic heterocycles. The second kappa shape index (κ2) is 5.10. The fourth-order valence-electron chi connectivity index (χ4n) is 2.42. The lowest BCUT2D eigenvalue weighted by atomic mass is 9.97. The topological polar surface area (TPSA) is 43.8 Å². The Kier molecular flexibility index (Phi) is 3.46. The van der Waals surface area contributed by atoms with Crippen molar-refractivity contribution in [2.24, 2.45) is 7.05 Å². The normalized spacial score (nSPS) is 18.9. The van der Waals surface area contributed by atoms with Crippen LogP contribution in [0.2, 0.25) is 5.02 Å². The first kappa shape index (κ1) is 12.9. The van der Waals surface area contributed by atoms with Crippen molar-refractivity contribution in [2.45, 2.75) is 12.3 Å². The minimum Gasteiger partial charge on any atom is -0.384 e. The van der Waals surface area contributed by atoms with E-state index < -0.39 is 0 Å². The summed E-state index contributed by atoms with van der Waals surface area (Å²) in [7, 11) is 1.84. The average molecular weight is 294 g/mol. The van der Waals surface area contributed by atoms with Crippen molar-refractivity contribution >= 4 is 29.2 Å². The van der Waals surface area contributed by atoms with Gasteiger partial charge in [-0.1, -0.05) is 23.7 Å². The first-order valence-electron chi connectivity index (χ1n) is 6.32. The fourth-order valence-corrected chi connectivity index (χ4v) is 4.00. The van der Waals surface area contributed by atoms with E-state index in [0.717, 1.165) is 16.3 Å². The Morgan fingerprint density at radius 3 is 2.84 bits per heavy atom. The van der Waals surface area contributed by atoms with E-state index in [9.17, 15) is 0 Å². The number of aromatic nitrogens is 2. The van der Waals surface area contributed by atoms with Gasteiger partial charge in [0, 0.05) is 29.5 Å². The summed E-state index contributed by atoms with van der Waals surface area (Å²) in [5, 5.41) is 5.22. The summed E-state index contributed by atoms with van der Waals surface area (Å²) in [5.41, 5.74) is 8.96. The molecule has 2 heterocycles. The molecule has 0 bridgehead atoms. The Morgan fingerprint density at radius 2 is 2.26 bits per heavy atom. The van der Waals surface area contributed by atoms with Crippen molar-refractivity contribution in [3.63, 3.8) is 0 Å². The molecule has 0 aliphatic carbocycles. The van der Waals surface area contributed by atoms with Crippen LogP contribution in [0.3, 0.4) is 0 Å². The predicted molar refractivity (Wildman–Crippen MR) is 82.7 cm³/mol. The minimum atomic E-state index is 0.598. The van der Waals surface area contributed by atoms with Crippen LogP contribution >= 0.6 is 23.4 Å². The molecule has 0 saturated carbocycles. The van der Waals surface area contributed by atoms with Crippen LogP contribution in [0, 0.1) is 0 Å². The van der Waals surface area contributed by atoms with E-state index >= 15 is 0 Å². The molecule has 100 valence electrons. The number of nitrogens with zero attached hydrogens (tertiary/aromatic N) is 2. The van der Waals surface area contributed by atoms with E-state index in [1.807, 2.05) is 30.9 Å². The Labute approximate surface area is 122 Å². The van der Waals surface area contributed by atoms with Gasteiger partial charge in [-0.3, -0.25) is 4.68 Å². The van der Waals surface area contributed by atoms with Crippen LogP contribution in [0.25, 0.3) is 11.3 Å². The van der Waals surface area contributed by atoms with Crippen molar-refractivity contribution in [3.05, 3.63) is 34.9 Å². The quantitative estimate of drug-likeness (QED) is 0.921. The summed E-state index contributed by atoms with van der Waals surface area (Å²) < 4.78 is 1.67. The SMILES string of the molecule is Cn1nc(-c2ccc(C3CCSC3)c(Cl)c2)cc1N. The van der Waals surface area contributed by atoms with Crippen LogP contribution in [-0.2, 0) is 7.05 Å². The minimum absolute atomic E-state index is 0.598. The molecule has 5 heteroatoms. The second-order valence-electron chi connectivity index (χ2n) is 4.87.